The van der Waals surface area contributed by atoms with E-state index in [0.29, 0.717) is 35.4 Å². The first-order valence-corrected chi connectivity index (χ1v) is 9.51. The average molecular weight is 405 g/mol. The maximum absolute atomic E-state index is 12.5. The molecule has 1 saturated carbocycles. The lowest BCUT2D eigenvalue weighted by atomic mass is 10.1. The molecule has 0 radical (unpaired) electrons. The highest BCUT2D eigenvalue weighted by molar-refractivity contribution is 6.42. The number of carbonyl (C=O) groups is 2. The summed E-state index contributed by atoms with van der Waals surface area (Å²) in [5, 5.41) is 6.71. The van der Waals surface area contributed by atoms with E-state index < -0.39 is 0 Å². The molecule has 1 aromatic heterocycles. The monoisotopic (exact) mass is 404 g/mol. The molecule has 0 spiro atoms. The molecule has 1 saturated heterocycles. The molecule has 1 aliphatic carbocycles. The minimum atomic E-state index is -0.119. The highest BCUT2D eigenvalue weighted by Gasteiger charge is 2.45. The van der Waals surface area contributed by atoms with E-state index in [1.165, 1.54) is 0 Å². The number of rotatable bonds is 4. The van der Waals surface area contributed by atoms with E-state index in [0.717, 1.165) is 17.8 Å². The van der Waals surface area contributed by atoms with Crippen LogP contribution in [0.3, 0.4) is 0 Å². The maximum atomic E-state index is 12.5. The Morgan fingerprint density at radius 3 is 2.85 bits per heavy atom. The number of hydrogen-bond acceptors (Lipinski definition) is 4. The zero-order valence-electron chi connectivity index (χ0n) is 14.4. The van der Waals surface area contributed by atoms with Gasteiger partial charge in [0.25, 0.3) is 0 Å². The highest BCUT2D eigenvalue weighted by atomic mass is 35.5. The van der Waals surface area contributed by atoms with Gasteiger partial charge in [0.1, 0.15) is 5.82 Å². The third-order valence-electron chi connectivity index (χ3n) is 4.89. The lowest BCUT2D eigenvalue weighted by Gasteiger charge is -2.27. The van der Waals surface area contributed by atoms with Crippen molar-refractivity contribution in [3.05, 3.63) is 52.1 Å². The van der Waals surface area contributed by atoms with Crippen molar-refractivity contribution in [1.82, 2.24) is 10.3 Å². The third kappa shape index (κ3) is 3.87. The molecule has 2 heterocycles. The van der Waals surface area contributed by atoms with Crippen LogP contribution < -0.4 is 15.5 Å². The first-order valence-electron chi connectivity index (χ1n) is 8.75. The summed E-state index contributed by atoms with van der Waals surface area (Å²) in [5.41, 5.74) is 1.55. The summed E-state index contributed by atoms with van der Waals surface area (Å²) < 4.78 is 0. The topological polar surface area (TPSA) is 74.3 Å². The number of amides is 2. The smallest absolute Gasteiger partial charge is 0.239 e. The second-order valence-corrected chi connectivity index (χ2v) is 7.54. The van der Waals surface area contributed by atoms with Gasteiger partial charge in [0.15, 0.2) is 0 Å². The Morgan fingerprint density at radius 1 is 1.26 bits per heavy atom. The van der Waals surface area contributed by atoms with Gasteiger partial charge in [-0.05, 0) is 36.1 Å². The minimum Gasteiger partial charge on any atom is -0.353 e. The summed E-state index contributed by atoms with van der Waals surface area (Å²) >= 11 is 12.3. The SMILES string of the molecule is O=C1CN(c2ccc(NC(=O)[C@H]3C[C@H]3c3cccc(Cl)c3Cl)cn2)CCN1. The Kier molecular flexibility index (Phi) is 4.93. The fourth-order valence-electron chi connectivity index (χ4n) is 3.35. The van der Waals surface area contributed by atoms with Gasteiger partial charge in [0.2, 0.25) is 11.8 Å². The number of benzene rings is 1. The minimum absolute atomic E-state index is 0.0140. The Morgan fingerprint density at radius 2 is 2.11 bits per heavy atom. The predicted octanol–water partition coefficient (Wildman–Crippen LogP) is 3.07. The van der Waals surface area contributed by atoms with Crippen molar-refractivity contribution in [3.8, 4) is 0 Å². The van der Waals surface area contributed by atoms with Crippen LogP contribution in [-0.4, -0.2) is 36.4 Å². The largest absolute Gasteiger partial charge is 0.353 e. The molecule has 2 aliphatic rings. The van der Waals surface area contributed by atoms with Crippen molar-refractivity contribution in [1.29, 1.82) is 0 Å². The average Bonchev–Trinajstić information content (AvgIpc) is 3.45. The van der Waals surface area contributed by atoms with Crippen LogP contribution in [0.25, 0.3) is 0 Å². The Bertz CT molecular complexity index is 888. The molecule has 6 nitrogen and oxygen atoms in total. The zero-order valence-corrected chi connectivity index (χ0v) is 15.9. The van der Waals surface area contributed by atoms with Crippen LogP contribution in [0.5, 0.6) is 0 Å². The van der Waals surface area contributed by atoms with Crippen LogP contribution in [-0.2, 0) is 9.59 Å². The quantitative estimate of drug-likeness (QED) is 0.820. The molecule has 27 heavy (non-hydrogen) atoms. The van der Waals surface area contributed by atoms with E-state index in [2.05, 4.69) is 15.6 Å². The molecule has 1 aliphatic heterocycles. The summed E-state index contributed by atoms with van der Waals surface area (Å²) in [7, 11) is 0. The predicted molar refractivity (Wildman–Crippen MR) is 105 cm³/mol. The summed E-state index contributed by atoms with van der Waals surface area (Å²) in [5.74, 6) is 0.627. The fraction of sp³-hybridized carbons (Fsp3) is 0.316. The van der Waals surface area contributed by atoms with Crippen LogP contribution in [0.15, 0.2) is 36.5 Å². The molecule has 2 amide bonds. The van der Waals surface area contributed by atoms with E-state index in [-0.39, 0.29) is 23.7 Å². The molecule has 1 aromatic carbocycles. The van der Waals surface area contributed by atoms with Crippen LogP contribution in [0, 0.1) is 5.92 Å². The molecule has 8 heteroatoms. The van der Waals surface area contributed by atoms with Gasteiger partial charge >= 0.3 is 0 Å². The number of piperazine rings is 1. The number of hydrogen-bond donors (Lipinski definition) is 2. The van der Waals surface area contributed by atoms with Gasteiger partial charge in [-0.2, -0.15) is 0 Å². The van der Waals surface area contributed by atoms with Crippen molar-refractivity contribution < 1.29 is 9.59 Å². The molecule has 0 unspecified atom stereocenters. The summed E-state index contributed by atoms with van der Waals surface area (Å²) in [6.07, 6.45) is 2.36. The number of carbonyl (C=O) groups excluding carboxylic acids is 2. The van der Waals surface area contributed by atoms with Gasteiger partial charge in [-0.3, -0.25) is 9.59 Å². The normalized spacial score (nSPS) is 21.6. The molecule has 140 valence electrons. The van der Waals surface area contributed by atoms with Crippen molar-refractivity contribution in [2.24, 2.45) is 5.92 Å². The summed E-state index contributed by atoms with van der Waals surface area (Å²) in [4.78, 5) is 30.3. The number of anilines is 2. The van der Waals surface area contributed by atoms with Gasteiger partial charge in [-0.1, -0.05) is 35.3 Å². The Hall–Kier alpha value is -2.31. The lowest BCUT2D eigenvalue weighted by Crippen LogP contribution is -2.48. The second kappa shape index (κ2) is 7.37. The van der Waals surface area contributed by atoms with Crippen LogP contribution in [0.1, 0.15) is 17.9 Å². The van der Waals surface area contributed by atoms with E-state index in [1.807, 2.05) is 23.1 Å². The maximum Gasteiger partial charge on any atom is 0.239 e. The molecule has 2 N–H and O–H groups in total. The first kappa shape index (κ1) is 18.1. The highest BCUT2D eigenvalue weighted by Crippen LogP contribution is 2.51. The number of aromatic nitrogens is 1. The third-order valence-corrected chi connectivity index (χ3v) is 5.72. The van der Waals surface area contributed by atoms with E-state index >= 15 is 0 Å². The van der Waals surface area contributed by atoms with Gasteiger partial charge < -0.3 is 15.5 Å². The Labute approximate surface area is 166 Å². The first-order chi connectivity index (χ1) is 13.0. The molecule has 2 aromatic rings. The zero-order chi connectivity index (χ0) is 19.0. The summed E-state index contributed by atoms with van der Waals surface area (Å²) in [6.45, 7) is 1.62. The lowest BCUT2D eigenvalue weighted by molar-refractivity contribution is -0.120. The van der Waals surface area contributed by atoms with Crippen molar-refractivity contribution in [2.75, 3.05) is 29.9 Å². The van der Waals surface area contributed by atoms with Gasteiger partial charge in [0, 0.05) is 19.0 Å². The van der Waals surface area contributed by atoms with E-state index in [4.69, 9.17) is 23.2 Å². The number of nitrogens with one attached hydrogen (secondary N) is 2. The van der Waals surface area contributed by atoms with Gasteiger partial charge in [0.05, 0.1) is 28.5 Å². The van der Waals surface area contributed by atoms with Crippen molar-refractivity contribution in [2.45, 2.75) is 12.3 Å². The number of halogens is 2. The standard InChI is InChI=1S/C19H18Cl2N4O2/c20-15-3-1-2-12(18(15)21)13-8-14(13)19(27)24-11-4-5-16(23-9-11)25-7-6-22-17(26)10-25/h1-5,9,13-14H,6-8,10H2,(H,22,26)(H,24,27)/t13-,14-/m0/s1. The van der Waals surface area contributed by atoms with Gasteiger partial charge in [-0.25, -0.2) is 4.98 Å². The summed E-state index contributed by atoms with van der Waals surface area (Å²) in [6, 6.07) is 9.12. The molecular formula is C19H18Cl2N4O2. The van der Waals surface area contributed by atoms with Crippen molar-refractivity contribution >= 4 is 46.5 Å². The fourth-order valence-corrected chi connectivity index (χ4v) is 3.80. The van der Waals surface area contributed by atoms with Crippen LogP contribution in [0.2, 0.25) is 10.0 Å². The van der Waals surface area contributed by atoms with Crippen LogP contribution >= 0.6 is 23.2 Å². The van der Waals surface area contributed by atoms with Crippen LogP contribution in [0.4, 0.5) is 11.5 Å². The molecule has 2 atom stereocenters. The molecule has 4 rings (SSSR count). The Balaban J connectivity index is 1.38. The number of pyridine rings is 1. The van der Waals surface area contributed by atoms with E-state index in [9.17, 15) is 9.59 Å². The van der Waals surface area contributed by atoms with Gasteiger partial charge in [-0.15, -0.1) is 0 Å². The second-order valence-electron chi connectivity index (χ2n) is 6.76. The molecular weight excluding hydrogens is 387 g/mol. The number of nitrogens with zero attached hydrogens (tertiary/aromatic N) is 2. The van der Waals surface area contributed by atoms with E-state index in [1.54, 1.807) is 18.3 Å². The van der Waals surface area contributed by atoms with Crippen molar-refractivity contribution in [3.63, 3.8) is 0 Å². The molecule has 2 fully saturated rings. The molecule has 0 bridgehead atoms.